The van der Waals surface area contributed by atoms with E-state index in [1.165, 1.54) is 9.12 Å². The van der Waals surface area contributed by atoms with Crippen LogP contribution in [0.2, 0.25) is 0 Å². The van der Waals surface area contributed by atoms with Gasteiger partial charge in [0.25, 0.3) is 0 Å². The van der Waals surface area contributed by atoms with E-state index in [-0.39, 0.29) is 5.78 Å². The van der Waals surface area contributed by atoms with Crippen molar-refractivity contribution in [1.82, 2.24) is 0 Å². The molecule has 0 aliphatic rings. The number of benzene rings is 2. The summed E-state index contributed by atoms with van der Waals surface area (Å²) < 4.78 is 8.17. The van der Waals surface area contributed by atoms with Crippen LogP contribution in [0.25, 0.3) is 0 Å². The summed E-state index contributed by atoms with van der Waals surface area (Å²) >= 11 is 0. The number of hydrogen-bond donors (Lipinski definition) is 2. The van der Waals surface area contributed by atoms with E-state index in [1.54, 1.807) is 0 Å². The Morgan fingerprint density at radius 1 is 0.750 bits per heavy atom. The van der Waals surface area contributed by atoms with Gasteiger partial charge in [-0.05, 0) is 48.5 Å². The van der Waals surface area contributed by atoms with E-state index in [4.69, 9.17) is 4.57 Å². The number of hydrogen-bond acceptors (Lipinski definition) is 4. The summed E-state index contributed by atoms with van der Waals surface area (Å²) in [6, 6.07) is 14.9. The Balaban J connectivity index is 0.000000956. The Bertz CT molecular complexity index is 504. The van der Waals surface area contributed by atoms with Gasteiger partial charge in [-0.15, -0.1) is 0 Å². The molecule has 20 heavy (non-hydrogen) atoms. The van der Waals surface area contributed by atoms with Crippen molar-refractivity contribution in [1.29, 1.82) is 0 Å². The lowest BCUT2D eigenvalue weighted by Crippen LogP contribution is -2.01. The maximum absolute atomic E-state index is 12.2. The zero-order valence-corrected chi connectivity index (χ0v) is 12.7. The Hall–Kier alpha value is -2.19. The van der Waals surface area contributed by atoms with Gasteiger partial charge in [0.1, 0.15) is 0 Å². The minimum absolute atomic E-state index is 0.0420. The summed E-state index contributed by atoms with van der Waals surface area (Å²) in [6.45, 7) is 0. The highest BCUT2D eigenvalue weighted by Gasteiger charge is 2.08. The van der Waals surface area contributed by atoms with Crippen LogP contribution in [0, 0.1) is 0 Å². The molecule has 0 amide bonds. The molecule has 2 aromatic rings. The molecule has 0 spiro atoms. The quantitative estimate of drug-likeness (QED) is 0.670. The minimum Gasteiger partial charge on any atom is -0.388 e. The van der Waals surface area contributed by atoms with Gasteiger partial charge in [0.2, 0.25) is 0 Å². The third kappa shape index (κ3) is 3.90. The van der Waals surface area contributed by atoms with Crippen molar-refractivity contribution in [2.75, 3.05) is 24.7 Å². The van der Waals surface area contributed by atoms with Crippen molar-refractivity contribution < 1.29 is 9.36 Å². The highest BCUT2D eigenvalue weighted by atomic mass is 31.0. The molecule has 0 saturated carbocycles. The predicted octanol–water partition coefficient (Wildman–Crippen LogP) is 3.21. The molecule has 4 nitrogen and oxygen atoms in total. The third-order valence-corrected chi connectivity index (χ3v) is 2.87. The van der Waals surface area contributed by atoms with E-state index < -0.39 is 0 Å². The number of anilines is 2. The summed E-state index contributed by atoms with van der Waals surface area (Å²) in [5.74, 6) is 0.0420. The second kappa shape index (κ2) is 8.08. The van der Waals surface area contributed by atoms with Crippen LogP contribution in [0.5, 0.6) is 0 Å². The number of carbonyl (C=O) groups excluding carboxylic acids is 1. The number of rotatable bonds is 4. The molecule has 0 aliphatic heterocycles. The molecule has 1 atom stereocenters. The molecule has 0 aliphatic carbocycles. The lowest BCUT2D eigenvalue weighted by Gasteiger charge is -2.05. The zero-order valence-electron chi connectivity index (χ0n) is 11.5. The number of ketones is 1. The first kappa shape index (κ1) is 15.9. The fourth-order valence-corrected chi connectivity index (χ4v) is 1.74. The first-order valence-electron chi connectivity index (χ1n) is 6.08. The molecule has 104 valence electrons. The average Bonchev–Trinajstić information content (AvgIpc) is 2.56. The fourth-order valence-electron chi connectivity index (χ4n) is 1.74. The Labute approximate surface area is 120 Å². The monoisotopic (exact) mass is 289 g/mol. The van der Waals surface area contributed by atoms with Gasteiger partial charge in [-0.25, -0.2) is 0 Å². The maximum atomic E-state index is 12.2. The van der Waals surface area contributed by atoms with Gasteiger partial charge in [-0.2, -0.15) is 0 Å². The van der Waals surface area contributed by atoms with Gasteiger partial charge in [-0.3, -0.25) is 4.79 Å². The molecule has 0 saturated heterocycles. The molecular formula is C15H18N2O2P+. The molecule has 0 fully saturated rings. The predicted molar refractivity (Wildman–Crippen MR) is 85.8 cm³/mol. The van der Waals surface area contributed by atoms with E-state index >= 15 is 0 Å². The topological polar surface area (TPSA) is 58.2 Å². The maximum Gasteiger partial charge on any atom is 0.310 e. The van der Waals surface area contributed by atoms with Crippen molar-refractivity contribution in [2.45, 2.75) is 0 Å². The smallest absolute Gasteiger partial charge is 0.310 e. The molecule has 5 heteroatoms. The van der Waals surface area contributed by atoms with Crippen LogP contribution in [0.1, 0.15) is 15.9 Å². The van der Waals surface area contributed by atoms with Gasteiger partial charge < -0.3 is 10.6 Å². The molecule has 0 heterocycles. The van der Waals surface area contributed by atoms with E-state index in [2.05, 4.69) is 10.6 Å². The largest absolute Gasteiger partial charge is 0.388 e. The molecule has 2 rings (SSSR count). The van der Waals surface area contributed by atoms with Crippen molar-refractivity contribution in [3.63, 3.8) is 0 Å². The molecule has 1 unspecified atom stereocenters. The van der Waals surface area contributed by atoms with Gasteiger partial charge in [0.05, 0.1) is 0 Å². The van der Waals surface area contributed by atoms with Crippen LogP contribution in [0.3, 0.4) is 0 Å². The van der Waals surface area contributed by atoms with E-state index in [0.717, 1.165) is 11.4 Å². The van der Waals surface area contributed by atoms with Crippen LogP contribution in [-0.2, 0) is 4.57 Å². The van der Waals surface area contributed by atoms with Gasteiger partial charge >= 0.3 is 9.12 Å². The summed E-state index contributed by atoms with van der Waals surface area (Å²) in [4.78, 5) is 12.2. The minimum atomic E-state index is 0.0420. The second-order valence-corrected chi connectivity index (χ2v) is 3.98. The summed E-state index contributed by atoms with van der Waals surface area (Å²) in [6.07, 6.45) is 0. The van der Waals surface area contributed by atoms with Crippen LogP contribution < -0.4 is 10.6 Å². The lowest BCUT2D eigenvalue weighted by atomic mass is 10.0. The molecule has 2 N–H and O–H groups in total. The van der Waals surface area contributed by atoms with E-state index in [9.17, 15) is 4.79 Å². The van der Waals surface area contributed by atoms with Gasteiger partial charge in [0, 0.05) is 36.6 Å². The number of nitrogens with one attached hydrogen (secondary N) is 2. The van der Waals surface area contributed by atoms with Crippen LogP contribution in [0.15, 0.2) is 48.5 Å². The first-order chi connectivity index (χ1) is 9.74. The zero-order chi connectivity index (χ0) is 15.0. The van der Waals surface area contributed by atoms with E-state index in [1.807, 2.05) is 62.6 Å². The van der Waals surface area contributed by atoms with E-state index in [0.29, 0.717) is 11.1 Å². The Morgan fingerprint density at radius 2 is 1.05 bits per heavy atom. The standard InChI is InChI=1S/C15H16N2O.H2OP/c1-16-13-7-3-11(4-8-13)15(18)12-5-9-14(17-2)10-6-12;1-2/h3-10,16-17H,1-2H3;2H2/q;+1. The summed E-state index contributed by atoms with van der Waals surface area (Å²) in [5, 5.41) is 6.06. The fraction of sp³-hybridized carbons (Fsp3) is 0.133. The van der Waals surface area contributed by atoms with Crippen LogP contribution in [-0.4, -0.2) is 19.9 Å². The van der Waals surface area contributed by atoms with Crippen molar-refractivity contribution in [3.8, 4) is 0 Å². The molecule has 0 aromatic heterocycles. The molecule has 0 bridgehead atoms. The first-order valence-corrected chi connectivity index (χ1v) is 6.55. The highest BCUT2D eigenvalue weighted by Crippen LogP contribution is 2.15. The Morgan fingerprint density at radius 3 is 1.30 bits per heavy atom. The third-order valence-electron chi connectivity index (χ3n) is 2.87. The molecule has 2 aromatic carbocycles. The van der Waals surface area contributed by atoms with Crippen LogP contribution in [0.4, 0.5) is 11.4 Å². The second-order valence-electron chi connectivity index (χ2n) is 3.98. The lowest BCUT2D eigenvalue weighted by molar-refractivity contribution is 0.103. The van der Waals surface area contributed by atoms with Gasteiger partial charge in [-0.1, -0.05) is 4.57 Å². The number of carbonyl (C=O) groups is 1. The normalized spacial score (nSPS) is 9.10. The highest BCUT2D eigenvalue weighted by molar-refractivity contribution is 7.00. The van der Waals surface area contributed by atoms with Gasteiger partial charge in [0.15, 0.2) is 5.78 Å². The molecular weight excluding hydrogens is 271 g/mol. The Kier molecular flexibility index (Phi) is 6.41. The van der Waals surface area contributed by atoms with Crippen molar-refractivity contribution >= 4 is 26.3 Å². The van der Waals surface area contributed by atoms with Crippen molar-refractivity contribution in [2.24, 2.45) is 0 Å². The average molecular weight is 289 g/mol. The molecule has 0 radical (unpaired) electrons. The summed E-state index contributed by atoms with van der Waals surface area (Å²) in [5.41, 5.74) is 3.39. The SMILES string of the molecule is CNc1ccc(C(=O)c2ccc(NC)cc2)cc1.O=[PH2+]. The van der Waals surface area contributed by atoms with Crippen LogP contribution >= 0.6 is 9.12 Å². The van der Waals surface area contributed by atoms with Crippen molar-refractivity contribution in [3.05, 3.63) is 59.7 Å². The summed E-state index contributed by atoms with van der Waals surface area (Å²) in [7, 11) is 4.88.